The molecule has 0 aliphatic heterocycles. The van der Waals surface area contributed by atoms with E-state index in [0.717, 1.165) is 12.2 Å². The molecule has 0 fully saturated rings. The van der Waals surface area contributed by atoms with E-state index in [1.165, 1.54) is 16.7 Å². The van der Waals surface area contributed by atoms with Crippen molar-refractivity contribution < 1.29 is 9.53 Å². The molecule has 0 aliphatic rings. The molecule has 0 atom stereocenters. The third kappa shape index (κ3) is 5.30. The highest BCUT2D eigenvalue weighted by Crippen LogP contribution is 2.19. The van der Waals surface area contributed by atoms with Crippen molar-refractivity contribution in [1.82, 2.24) is 0 Å². The van der Waals surface area contributed by atoms with E-state index in [9.17, 15) is 4.79 Å². The molecule has 0 heterocycles. The Morgan fingerprint density at radius 3 is 2.21 bits per heavy atom. The number of rotatable bonds is 4. The molecule has 2 aromatic rings. The van der Waals surface area contributed by atoms with Gasteiger partial charge in [0.25, 0.3) is 0 Å². The van der Waals surface area contributed by atoms with Gasteiger partial charge in [-0.05, 0) is 69.5 Å². The molecule has 24 heavy (non-hydrogen) atoms. The van der Waals surface area contributed by atoms with E-state index in [4.69, 9.17) is 4.74 Å². The molecule has 0 spiro atoms. The number of hydrogen-bond acceptors (Lipinski definition) is 3. The molecule has 0 aliphatic carbocycles. The van der Waals surface area contributed by atoms with Crippen LogP contribution in [0.4, 0.5) is 16.2 Å². The summed E-state index contributed by atoms with van der Waals surface area (Å²) in [4.78, 5) is 11.9. The van der Waals surface area contributed by atoms with Gasteiger partial charge in [-0.15, -0.1) is 0 Å². The lowest BCUT2D eigenvalue weighted by atomic mass is 10.0. The highest BCUT2D eigenvalue weighted by Gasteiger charge is 2.16. The second-order valence-electron chi connectivity index (χ2n) is 6.93. The third-order valence-electron chi connectivity index (χ3n) is 3.62. The molecule has 1 amide bonds. The summed E-state index contributed by atoms with van der Waals surface area (Å²) < 4.78 is 5.27. The Morgan fingerprint density at radius 1 is 1.00 bits per heavy atom. The maximum atomic E-state index is 11.9. The summed E-state index contributed by atoms with van der Waals surface area (Å²) in [5, 5.41) is 6.17. The first-order valence-electron chi connectivity index (χ1n) is 8.13. The van der Waals surface area contributed by atoms with Gasteiger partial charge in [-0.3, -0.25) is 5.32 Å². The lowest BCUT2D eigenvalue weighted by molar-refractivity contribution is 0.0636. The largest absolute Gasteiger partial charge is 0.444 e. The van der Waals surface area contributed by atoms with Gasteiger partial charge in [0.05, 0.1) is 0 Å². The van der Waals surface area contributed by atoms with E-state index in [1.807, 2.05) is 45.0 Å². The van der Waals surface area contributed by atoms with Gasteiger partial charge < -0.3 is 10.1 Å². The minimum absolute atomic E-state index is 0.450. The van der Waals surface area contributed by atoms with Crippen LogP contribution in [0.25, 0.3) is 0 Å². The smallest absolute Gasteiger partial charge is 0.412 e. The Kier molecular flexibility index (Phi) is 5.50. The summed E-state index contributed by atoms with van der Waals surface area (Å²) in [5.41, 5.74) is 4.98. The topological polar surface area (TPSA) is 50.4 Å². The van der Waals surface area contributed by atoms with Crippen molar-refractivity contribution in [3.05, 3.63) is 59.2 Å². The molecule has 4 heteroatoms. The zero-order valence-electron chi connectivity index (χ0n) is 15.1. The second-order valence-corrected chi connectivity index (χ2v) is 6.93. The van der Waals surface area contributed by atoms with E-state index in [-0.39, 0.29) is 0 Å². The van der Waals surface area contributed by atoms with Crippen LogP contribution in [-0.2, 0) is 11.3 Å². The van der Waals surface area contributed by atoms with E-state index in [0.29, 0.717) is 5.69 Å². The van der Waals surface area contributed by atoms with Crippen molar-refractivity contribution in [2.45, 2.75) is 46.8 Å². The number of carbonyl (C=O) groups excluding carboxylic acids is 1. The lowest BCUT2D eigenvalue weighted by Crippen LogP contribution is -2.27. The average Bonchev–Trinajstić information content (AvgIpc) is 2.45. The van der Waals surface area contributed by atoms with Crippen LogP contribution in [0.5, 0.6) is 0 Å². The number of ether oxygens (including phenoxy) is 1. The van der Waals surface area contributed by atoms with Crippen molar-refractivity contribution in [3.8, 4) is 0 Å². The molecule has 0 radical (unpaired) electrons. The van der Waals surface area contributed by atoms with Crippen LogP contribution >= 0.6 is 0 Å². The van der Waals surface area contributed by atoms with Crippen LogP contribution in [0.2, 0.25) is 0 Å². The molecular formula is C20H26N2O2. The molecular weight excluding hydrogens is 300 g/mol. The second kappa shape index (κ2) is 7.39. The van der Waals surface area contributed by atoms with Gasteiger partial charge in [0.15, 0.2) is 0 Å². The number of carbonyl (C=O) groups is 1. The molecule has 2 rings (SSSR count). The molecule has 4 nitrogen and oxygen atoms in total. The van der Waals surface area contributed by atoms with Gasteiger partial charge in [0.2, 0.25) is 0 Å². The minimum atomic E-state index is -0.512. The molecule has 0 saturated carbocycles. The van der Waals surface area contributed by atoms with Crippen LogP contribution in [0, 0.1) is 13.8 Å². The monoisotopic (exact) mass is 326 g/mol. The van der Waals surface area contributed by atoms with Crippen molar-refractivity contribution in [3.63, 3.8) is 0 Å². The van der Waals surface area contributed by atoms with Crippen molar-refractivity contribution in [1.29, 1.82) is 0 Å². The number of aryl methyl sites for hydroxylation is 2. The van der Waals surface area contributed by atoms with Gasteiger partial charge in [0.1, 0.15) is 5.60 Å². The van der Waals surface area contributed by atoms with Crippen LogP contribution in [-0.4, -0.2) is 11.7 Å². The Bertz CT molecular complexity index is 698. The number of hydrogen-bond donors (Lipinski definition) is 2. The van der Waals surface area contributed by atoms with E-state index >= 15 is 0 Å². The fourth-order valence-electron chi connectivity index (χ4n) is 2.45. The standard InChI is InChI=1S/C20H26N2O2/c1-14-8-6-9-15(2)18(14)13-21-16-10-7-11-17(12-16)22-19(23)24-20(3,4)5/h6-12,21H,13H2,1-5H3,(H,22,23). The van der Waals surface area contributed by atoms with E-state index in [2.05, 4.69) is 42.7 Å². The summed E-state index contributed by atoms with van der Waals surface area (Å²) in [6.45, 7) is 10.5. The van der Waals surface area contributed by atoms with Gasteiger partial charge in [-0.25, -0.2) is 4.79 Å². The van der Waals surface area contributed by atoms with Crippen molar-refractivity contribution in [2.75, 3.05) is 10.6 Å². The molecule has 0 unspecified atom stereocenters. The third-order valence-corrected chi connectivity index (χ3v) is 3.62. The Labute approximate surface area is 144 Å². The summed E-state index contributed by atoms with van der Waals surface area (Å²) in [6, 6.07) is 13.9. The van der Waals surface area contributed by atoms with E-state index in [1.54, 1.807) is 0 Å². The van der Waals surface area contributed by atoms with E-state index < -0.39 is 11.7 Å². The van der Waals surface area contributed by atoms with Crippen LogP contribution in [0.15, 0.2) is 42.5 Å². The number of benzene rings is 2. The number of nitrogens with one attached hydrogen (secondary N) is 2. The summed E-state index contributed by atoms with van der Waals surface area (Å²) in [5.74, 6) is 0. The van der Waals surface area contributed by atoms with Gasteiger partial charge in [0, 0.05) is 17.9 Å². The van der Waals surface area contributed by atoms with Crippen LogP contribution in [0.1, 0.15) is 37.5 Å². The lowest BCUT2D eigenvalue weighted by Gasteiger charge is -2.20. The molecule has 0 saturated heterocycles. The van der Waals surface area contributed by atoms with Gasteiger partial charge in [-0.1, -0.05) is 24.3 Å². The normalized spacial score (nSPS) is 11.0. The quantitative estimate of drug-likeness (QED) is 0.805. The number of anilines is 2. The first-order chi connectivity index (χ1) is 11.2. The minimum Gasteiger partial charge on any atom is -0.444 e. The molecule has 0 bridgehead atoms. The maximum absolute atomic E-state index is 11.9. The number of amides is 1. The molecule has 128 valence electrons. The average molecular weight is 326 g/mol. The fraction of sp³-hybridized carbons (Fsp3) is 0.350. The zero-order chi connectivity index (χ0) is 17.7. The van der Waals surface area contributed by atoms with Gasteiger partial charge in [-0.2, -0.15) is 0 Å². The maximum Gasteiger partial charge on any atom is 0.412 e. The van der Waals surface area contributed by atoms with Crippen molar-refractivity contribution in [2.24, 2.45) is 0 Å². The summed E-state index contributed by atoms with van der Waals surface area (Å²) >= 11 is 0. The zero-order valence-corrected chi connectivity index (χ0v) is 15.1. The first kappa shape index (κ1) is 17.9. The Hall–Kier alpha value is -2.49. The molecule has 2 aromatic carbocycles. The van der Waals surface area contributed by atoms with Gasteiger partial charge >= 0.3 is 6.09 Å². The molecule has 0 aromatic heterocycles. The Morgan fingerprint density at radius 2 is 1.58 bits per heavy atom. The summed E-state index contributed by atoms with van der Waals surface area (Å²) in [7, 11) is 0. The predicted octanol–water partition coefficient (Wildman–Crippen LogP) is 5.26. The fourth-order valence-corrected chi connectivity index (χ4v) is 2.45. The van der Waals surface area contributed by atoms with Crippen LogP contribution in [0.3, 0.4) is 0 Å². The van der Waals surface area contributed by atoms with Crippen molar-refractivity contribution >= 4 is 17.5 Å². The first-order valence-corrected chi connectivity index (χ1v) is 8.13. The SMILES string of the molecule is Cc1cccc(C)c1CNc1cccc(NC(=O)OC(C)(C)C)c1. The van der Waals surface area contributed by atoms with Crippen LogP contribution < -0.4 is 10.6 Å². The Balaban J connectivity index is 2.02. The predicted molar refractivity (Wildman–Crippen MR) is 99.5 cm³/mol. The molecule has 2 N–H and O–H groups in total. The summed E-state index contributed by atoms with van der Waals surface area (Å²) in [6.07, 6.45) is -0.450. The highest BCUT2D eigenvalue weighted by molar-refractivity contribution is 5.85. The highest BCUT2D eigenvalue weighted by atomic mass is 16.6.